The molecular weight excluding hydrogens is 568 g/mol. The van der Waals surface area contributed by atoms with Gasteiger partial charge in [-0.15, -0.1) is 0 Å². The lowest BCUT2D eigenvalue weighted by atomic mass is 10.0. The van der Waals surface area contributed by atoms with Gasteiger partial charge in [0.1, 0.15) is 11.6 Å². The number of para-hydroxylation sites is 1. The number of amides is 2. The highest BCUT2D eigenvalue weighted by atomic mass is 16.6. The second-order valence-electron chi connectivity index (χ2n) is 12.5. The lowest BCUT2D eigenvalue weighted by molar-refractivity contribution is -0.139. The molecule has 1 heterocycles. The van der Waals surface area contributed by atoms with E-state index in [0.29, 0.717) is 13.0 Å². The van der Waals surface area contributed by atoms with E-state index in [0.717, 1.165) is 27.6 Å². The van der Waals surface area contributed by atoms with Crippen molar-refractivity contribution in [3.05, 3.63) is 108 Å². The predicted molar refractivity (Wildman–Crippen MR) is 176 cm³/mol. The molecule has 238 valence electrons. The van der Waals surface area contributed by atoms with Crippen molar-refractivity contribution in [2.24, 2.45) is 0 Å². The third-order valence-corrected chi connectivity index (χ3v) is 7.59. The van der Waals surface area contributed by atoms with Crippen LogP contribution in [0.3, 0.4) is 0 Å². The van der Waals surface area contributed by atoms with Crippen molar-refractivity contribution in [1.29, 1.82) is 0 Å². The molecule has 0 spiro atoms. The van der Waals surface area contributed by atoms with Crippen LogP contribution in [0, 0.1) is 0 Å². The molecule has 2 amide bonds. The Morgan fingerprint density at radius 1 is 0.889 bits per heavy atom. The summed E-state index contributed by atoms with van der Waals surface area (Å²) in [5.74, 6) is -1.23. The maximum Gasteiger partial charge on any atom is 0.412 e. The quantitative estimate of drug-likeness (QED) is 0.160. The van der Waals surface area contributed by atoms with Crippen LogP contribution in [0.4, 0.5) is 4.79 Å². The molecule has 3 atom stereocenters. The molecule has 0 radical (unpaired) electrons. The molecule has 45 heavy (non-hydrogen) atoms. The number of H-pyrrole nitrogens is 1. The fourth-order valence-electron chi connectivity index (χ4n) is 5.59. The summed E-state index contributed by atoms with van der Waals surface area (Å²) in [6.07, 6.45) is 0.933. The lowest BCUT2D eigenvalue weighted by Gasteiger charge is -2.39. The summed E-state index contributed by atoms with van der Waals surface area (Å²) in [5, 5.41) is 14.2. The zero-order valence-corrected chi connectivity index (χ0v) is 26.7. The van der Waals surface area contributed by atoms with Gasteiger partial charge in [-0.3, -0.25) is 19.8 Å². The third-order valence-electron chi connectivity index (χ3n) is 7.59. The number of aromatic amines is 1. The first-order valence-corrected chi connectivity index (χ1v) is 15.3. The molecule has 4 rings (SSSR count). The summed E-state index contributed by atoms with van der Waals surface area (Å²) < 4.78 is 5.87. The van der Waals surface area contributed by atoms with Crippen molar-refractivity contribution in [3.8, 4) is 0 Å². The fraction of sp³-hybridized carbons (Fsp3) is 0.361. The van der Waals surface area contributed by atoms with E-state index in [1.807, 2.05) is 91.1 Å². The first-order valence-electron chi connectivity index (χ1n) is 15.3. The van der Waals surface area contributed by atoms with Crippen molar-refractivity contribution in [1.82, 2.24) is 20.1 Å². The highest BCUT2D eigenvalue weighted by molar-refractivity contribution is 5.86. The van der Waals surface area contributed by atoms with Crippen LogP contribution < -0.4 is 5.32 Å². The average Bonchev–Trinajstić information content (AvgIpc) is 3.38. The van der Waals surface area contributed by atoms with Crippen LogP contribution in [0.5, 0.6) is 0 Å². The molecular formula is C36H44N4O5. The van der Waals surface area contributed by atoms with E-state index >= 15 is 0 Å². The van der Waals surface area contributed by atoms with E-state index in [9.17, 15) is 19.5 Å². The van der Waals surface area contributed by atoms with Crippen LogP contribution in [0.25, 0.3) is 10.9 Å². The second kappa shape index (κ2) is 14.9. The molecule has 2 unspecified atom stereocenters. The van der Waals surface area contributed by atoms with Crippen molar-refractivity contribution in [2.45, 2.75) is 77.4 Å². The molecule has 0 aliphatic rings. The molecule has 4 aromatic rings. The molecule has 9 nitrogen and oxygen atoms in total. The maximum absolute atomic E-state index is 14.3. The number of nitrogens with one attached hydrogen (secondary N) is 2. The second-order valence-corrected chi connectivity index (χ2v) is 12.5. The zero-order chi connectivity index (χ0) is 32.6. The highest BCUT2D eigenvalue weighted by Gasteiger charge is 2.38. The van der Waals surface area contributed by atoms with Gasteiger partial charge in [0.05, 0.1) is 12.6 Å². The van der Waals surface area contributed by atoms with Crippen molar-refractivity contribution in [3.63, 3.8) is 0 Å². The number of carbonyl (C=O) groups excluding carboxylic acids is 2. The maximum atomic E-state index is 14.3. The Bertz CT molecular complexity index is 1560. The molecule has 9 heteroatoms. The number of aliphatic carboxylic acids is 1. The van der Waals surface area contributed by atoms with E-state index in [-0.39, 0.29) is 18.7 Å². The Labute approximate surface area is 265 Å². The Morgan fingerprint density at radius 3 is 2.11 bits per heavy atom. The third kappa shape index (κ3) is 9.43. The topological polar surface area (TPSA) is 115 Å². The zero-order valence-electron chi connectivity index (χ0n) is 26.7. The summed E-state index contributed by atoms with van der Waals surface area (Å²) in [6.45, 7) is 7.47. The van der Waals surface area contributed by atoms with Gasteiger partial charge in [-0.2, -0.15) is 0 Å². The van der Waals surface area contributed by atoms with Gasteiger partial charge in [0.2, 0.25) is 5.91 Å². The molecule has 0 saturated heterocycles. The van der Waals surface area contributed by atoms with E-state index in [1.165, 1.54) is 4.90 Å². The Hall–Kier alpha value is -4.63. The monoisotopic (exact) mass is 612 g/mol. The number of carboxylic acid groups (broad SMARTS) is 1. The van der Waals surface area contributed by atoms with Crippen LogP contribution in [-0.2, 0) is 33.7 Å². The first-order chi connectivity index (χ1) is 21.4. The van der Waals surface area contributed by atoms with Crippen LogP contribution in [0.2, 0.25) is 0 Å². The smallest absolute Gasteiger partial charge is 0.412 e. The Kier molecular flexibility index (Phi) is 11.0. The van der Waals surface area contributed by atoms with E-state index in [4.69, 9.17) is 4.74 Å². The molecule has 3 aromatic carbocycles. The number of carboxylic acids is 1. The summed E-state index contributed by atoms with van der Waals surface area (Å²) in [6, 6.07) is 25.6. The number of benzene rings is 3. The Morgan fingerprint density at radius 2 is 1.49 bits per heavy atom. The lowest BCUT2D eigenvalue weighted by Crippen LogP contribution is -2.60. The van der Waals surface area contributed by atoms with E-state index in [1.54, 1.807) is 39.6 Å². The fourth-order valence-corrected chi connectivity index (χ4v) is 5.59. The molecule has 0 saturated carbocycles. The first kappa shape index (κ1) is 33.3. The minimum Gasteiger partial charge on any atom is -0.481 e. The number of hydrogen-bond donors (Lipinski definition) is 3. The van der Waals surface area contributed by atoms with Crippen LogP contribution in [0.15, 0.2) is 91.1 Å². The highest BCUT2D eigenvalue weighted by Crippen LogP contribution is 2.23. The van der Waals surface area contributed by atoms with Crippen LogP contribution in [0.1, 0.15) is 50.8 Å². The Balaban J connectivity index is 1.69. The molecule has 0 aliphatic carbocycles. The average molecular weight is 613 g/mol. The number of likely N-dealkylation sites (N-methyl/N-ethyl adjacent to an activating group) is 1. The van der Waals surface area contributed by atoms with E-state index < -0.39 is 35.9 Å². The van der Waals surface area contributed by atoms with Gasteiger partial charge in [0.15, 0.2) is 0 Å². The van der Waals surface area contributed by atoms with E-state index in [2.05, 4.69) is 10.3 Å². The number of ether oxygens (including phenoxy) is 1. The van der Waals surface area contributed by atoms with Gasteiger partial charge in [-0.05, 0) is 56.9 Å². The van der Waals surface area contributed by atoms with Gasteiger partial charge in [-0.1, -0.05) is 78.9 Å². The molecule has 3 N–H and O–H groups in total. The van der Waals surface area contributed by atoms with Crippen molar-refractivity contribution in [2.75, 3.05) is 7.05 Å². The predicted octanol–water partition coefficient (Wildman–Crippen LogP) is 6.00. The van der Waals surface area contributed by atoms with Crippen LogP contribution >= 0.6 is 0 Å². The molecule has 0 bridgehead atoms. The van der Waals surface area contributed by atoms with Crippen molar-refractivity contribution < 1.29 is 24.2 Å². The normalized spacial score (nSPS) is 13.5. The summed E-state index contributed by atoms with van der Waals surface area (Å²) in [4.78, 5) is 46.6. The van der Waals surface area contributed by atoms with Gasteiger partial charge in [0.25, 0.3) is 0 Å². The number of hydrogen-bond acceptors (Lipinski definition) is 5. The summed E-state index contributed by atoms with van der Waals surface area (Å²) in [5.41, 5.74) is 2.93. The summed E-state index contributed by atoms with van der Waals surface area (Å²) in [7, 11) is 1.73. The number of nitrogens with zero attached hydrogens (tertiary/aromatic N) is 2. The number of rotatable bonds is 13. The number of carbonyl (C=O) groups is 3. The molecule has 1 aromatic heterocycles. The SMILES string of the molecule is CC(N[C@@H](CC(=O)O)Cc1c[nH]c2ccccc12)N(C(=O)OC(C)(C)C)C(Cc1ccccc1)C(=O)N(C)Cc1ccccc1. The van der Waals surface area contributed by atoms with Gasteiger partial charge >= 0.3 is 12.1 Å². The number of aromatic nitrogens is 1. The van der Waals surface area contributed by atoms with Gasteiger partial charge < -0.3 is 19.7 Å². The van der Waals surface area contributed by atoms with Crippen molar-refractivity contribution >= 4 is 28.9 Å². The number of fused-ring (bicyclic) bond motifs is 1. The molecule has 0 aliphatic heterocycles. The minimum atomic E-state index is -0.970. The van der Waals surface area contributed by atoms with Gasteiger partial charge in [-0.25, -0.2) is 4.79 Å². The van der Waals surface area contributed by atoms with Gasteiger partial charge in [0, 0.05) is 43.2 Å². The standard InChI is InChI=1S/C36H44N4O5/c1-25(38-29(22-33(41)42)21-28-23-37-31-19-13-12-18-30(28)31)40(35(44)45-36(2,3)4)32(20-26-14-8-6-9-15-26)34(43)39(5)24-27-16-10-7-11-17-27/h6-19,23,25,29,32,37-38H,20-22,24H2,1-5H3,(H,41,42)/t25?,29-,32?/m1/s1. The molecule has 0 fully saturated rings. The van der Waals surface area contributed by atoms with Crippen LogP contribution in [-0.4, -0.2) is 68.8 Å². The largest absolute Gasteiger partial charge is 0.481 e. The summed E-state index contributed by atoms with van der Waals surface area (Å²) >= 11 is 0. The minimum absolute atomic E-state index is 0.183.